The molecular formula is C36H50N2O8S2. The highest BCUT2D eigenvalue weighted by atomic mass is 32.2. The highest BCUT2D eigenvalue weighted by Crippen LogP contribution is 2.45. The highest BCUT2D eigenvalue weighted by Gasteiger charge is 2.52. The van der Waals surface area contributed by atoms with Crippen molar-refractivity contribution in [2.75, 3.05) is 51.0 Å². The molecule has 0 aliphatic carbocycles. The lowest BCUT2D eigenvalue weighted by Gasteiger charge is -2.38. The molecule has 48 heavy (non-hydrogen) atoms. The van der Waals surface area contributed by atoms with Gasteiger partial charge in [0.2, 0.25) is 0 Å². The summed E-state index contributed by atoms with van der Waals surface area (Å²) in [6.45, 7) is 13.5. The summed E-state index contributed by atoms with van der Waals surface area (Å²) in [5.41, 5.74) is 2.10. The second-order valence-electron chi connectivity index (χ2n) is 11.5. The maximum absolute atomic E-state index is 12.7. The highest BCUT2D eigenvalue weighted by molar-refractivity contribution is 8.01. The molecule has 2 aromatic carbocycles. The van der Waals surface area contributed by atoms with E-state index >= 15 is 0 Å². The molecule has 2 heterocycles. The minimum atomic E-state index is -0.672. The van der Waals surface area contributed by atoms with E-state index in [2.05, 4.69) is 0 Å². The molecule has 0 spiro atoms. The van der Waals surface area contributed by atoms with Crippen LogP contribution in [0.4, 0.5) is 9.59 Å². The van der Waals surface area contributed by atoms with Gasteiger partial charge in [-0.2, -0.15) is 0 Å². The third-order valence-electron chi connectivity index (χ3n) is 8.47. The number of hydrogen-bond acceptors (Lipinski definition) is 10. The second kappa shape index (κ2) is 19.0. The predicted octanol–water partition coefficient (Wildman–Crippen LogP) is 6.66. The molecule has 12 heteroatoms. The van der Waals surface area contributed by atoms with Crippen molar-refractivity contribution in [3.8, 4) is 0 Å². The minimum Gasteiger partial charge on any atom is -0.466 e. The van der Waals surface area contributed by atoms with Gasteiger partial charge in [0.25, 0.3) is 0 Å². The van der Waals surface area contributed by atoms with E-state index in [0.29, 0.717) is 52.4 Å². The van der Waals surface area contributed by atoms with Crippen LogP contribution >= 0.6 is 23.5 Å². The first-order valence-corrected chi connectivity index (χ1v) is 18.6. The van der Waals surface area contributed by atoms with Crippen molar-refractivity contribution in [3.63, 3.8) is 0 Å². The Bertz CT molecular complexity index is 1230. The number of esters is 2. The summed E-state index contributed by atoms with van der Waals surface area (Å²) in [5.74, 6) is 0.119. The van der Waals surface area contributed by atoms with Gasteiger partial charge in [-0.3, -0.25) is 19.4 Å². The number of ether oxygens (including phenoxy) is 4. The van der Waals surface area contributed by atoms with E-state index in [4.69, 9.17) is 18.9 Å². The SMILES string of the molecule is CCOC(=O)C(Cc1ccccc1)C1(C)SCCN1C(=O)OCC.CCOC(=O)C(Cc1ccccc1)C1(C)SCCN1C(=O)OCC. The van der Waals surface area contributed by atoms with Gasteiger partial charge in [0, 0.05) is 24.6 Å². The number of nitrogens with zero attached hydrogens (tertiary/aromatic N) is 2. The summed E-state index contributed by atoms with van der Waals surface area (Å²) in [5, 5.41) is 0. The van der Waals surface area contributed by atoms with Gasteiger partial charge in [0.15, 0.2) is 0 Å². The van der Waals surface area contributed by atoms with Gasteiger partial charge < -0.3 is 18.9 Å². The Morgan fingerprint density at radius 3 is 1.25 bits per heavy atom. The molecule has 4 rings (SSSR count). The van der Waals surface area contributed by atoms with E-state index in [1.807, 2.05) is 74.5 Å². The lowest BCUT2D eigenvalue weighted by Crippen LogP contribution is -2.52. The van der Waals surface area contributed by atoms with Crippen molar-refractivity contribution in [1.82, 2.24) is 9.80 Å². The van der Waals surface area contributed by atoms with Gasteiger partial charge in [-0.25, -0.2) is 9.59 Å². The van der Waals surface area contributed by atoms with Crippen LogP contribution in [0.1, 0.15) is 52.7 Å². The van der Waals surface area contributed by atoms with Crippen molar-refractivity contribution in [2.45, 2.75) is 64.1 Å². The quantitative estimate of drug-likeness (QED) is 0.176. The number of benzene rings is 2. The van der Waals surface area contributed by atoms with Crippen LogP contribution in [0.3, 0.4) is 0 Å². The van der Waals surface area contributed by atoms with Crippen molar-refractivity contribution in [2.24, 2.45) is 11.8 Å². The van der Waals surface area contributed by atoms with Crippen molar-refractivity contribution in [1.29, 1.82) is 0 Å². The normalized spacial score (nSPS) is 21.4. The Hall–Kier alpha value is -3.38. The molecular weight excluding hydrogens is 653 g/mol. The zero-order chi connectivity index (χ0) is 35.2. The molecule has 0 bridgehead atoms. The van der Waals surface area contributed by atoms with E-state index in [9.17, 15) is 19.2 Å². The van der Waals surface area contributed by atoms with Crippen molar-refractivity contribution in [3.05, 3.63) is 71.8 Å². The zero-order valence-electron chi connectivity index (χ0n) is 29.0. The molecule has 2 aliphatic rings. The molecule has 0 N–H and O–H groups in total. The molecule has 0 saturated carbocycles. The van der Waals surface area contributed by atoms with E-state index in [1.54, 1.807) is 61.0 Å². The summed E-state index contributed by atoms with van der Waals surface area (Å²) in [7, 11) is 0. The zero-order valence-corrected chi connectivity index (χ0v) is 30.6. The molecule has 2 fully saturated rings. The minimum absolute atomic E-state index is 0.271. The smallest absolute Gasteiger partial charge is 0.410 e. The molecule has 264 valence electrons. The van der Waals surface area contributed by atoms with Gasteiger partial charge in [-0.1, -0.05) is 60.7 Å². The van der Waals surface area contributed by atoms with Crippen LogP contribution in [0.5, 0.6) is 0 Å². The Kier molecular flexibility index (Phi) is 15.4. The van der Waals surface area contributed by atoms with E-state index in [-0.39, 0.29) is 24.1 Å². The summed E-state index contributed by atoms with van der Waals surface area (Å²) < 4.78 is 21.0. The maximum atomic E-state index is 12.7. The van der Waals surface area contributed by atoms with Crippen LogP contribution in [-0.2, 0) is 41.4 Å². The van der Waals surface area contributed by atoms with Crippen LogP contribution < -0.4 is 0 Å². The fourth-order valence-electron chi connectivity index (χ4n) is 5.98. The lowest BCUT2D eigenvalue weighted by atomic mass is 9.91. The molecule has 4 atom stereocenters. The summed E-state index contributed by atoms with van der Waals surface area (Å²) in [6.07, 6.45) is 0.317. The molecule has 10 nitrogen and oxygen atoms in total. The first kappa shape index (κ1) is 39.1. The van der Waals surface area contributed by atoms with Gasteiger partial charge in [0.1, 0.15) is 9.74 Å². The standard InChI is InChI=1S/2C18H25NO4S/c2*1-4-22-16(20)15(13-14-9-7-6-8-10-14)18(3)19(11-12-24-18)17(21)23-5-2/h2*6-10,15H,4-5,11-13H2,1-3H3. The summed E-state index contributed by atoms with van der Waals surface area (Å²) >= 11 is 3.23. The Morgan fingerprint density at radius 2 is 0.938 bits per heavy atom. The summed E-state index contributed by atoms with van der Waals surface area (Å²) in [6, 6.07) is 19.6. The first-order chi connectivity index (χ1) is 23.0. The van der Waals surface area contributed by atoms with Crippen LogP contribution in [0.15, 0.2) is 60.7 Å². The second-order valence-corrected chi connectivity index (χ2v) is 14.5. The topological polar surface area (TPSA) is 112 Å². The van der Waals surface area contributed by atoms with E-state index < -0.39 is 21.6 Å². The lowest BCUT2D eigenvalue weighted by molar-refractivity contribution is -0.151. The Morgan fingerprint density at radius 1 is 0.604 bits per heavy atom. The fourth-order valence-corrected chi connectivity index (χ4v) is 8.76. The van der Waals surface area contributed by atoms with Crippen LogP contribution in [0.25, 0.3) is 0 Å². The molecule has 2 amide bonds. The number of thioether (sulfide) groups is 2. The van der Waals surface area contributed by atoms with Gasteiger partial charge in [-0.05, 0) is 65.5 Å². The number of carbonyl (C=O) groups excluding carboxylic acids is 4. The Balaban J connectivity index is 0.000000260. The van der Waals surface area contributed by atoms with Crippen LogP contribution in [0, 0.1) is 11.8 Å². The van der Waals surface area contributed by atoms with Gasteiger partial charge in [0.05, 0.1) is 38.3 Å². The average Bonchev–Trinajstić information content (AvgIpc) is 3.67. The molecule has 0 aromatic heterocycles. The number of rotatable bonds is 12. The average molecular weight is 703 g/mol. The predicted molar refractivity (Wildman–Crippen MR) is 190 cm³/mol. The number of amides is 2. The molecule has 0 radical (unpaired) electrons. The third-order valence-corrected chi connectivity index (χ3v) is 11.4. The largest absolute Gasteiger partial charge is 0.466 e. The fraction of sp³-hybridized carbons (Fsp3) is 0.556. The maximum Gasteiger partial charge on any atom is 0.410 e. The molecule has 2 aliphatic heterocycles. The Labute approximate surface area is 293 Å². The van der Waals surface area contributed by atoms with Crippen LogP contribution in [0.2, 0.25) is 0 Å². The summed E-state index contributed by atoms with van der Waals surface area (Å²) in [4.78, 5) is 52.0. The monoisotopic (exact) mass is 702 g/mol. The molecule has 2 saturated heterocycles. The van der Waals surface area contributed by atoms with E-state index in [1.165, 1.54) is 0 Å². The van der Waals surface area contributed by atoms with Crippen molar-refractivity contribution < 1.29 is 38.1 Å². The van der Waals surface area contributed by atoms with E-state index in [0.717, 1.165) is 22.6 Å². The van der Waals surface area contributed by atoms with Crippen molar-refractivity contribution >= 4 is 47.6 Å². The molecule has 4 unspecified atom stereocenters. The van der Waals surface area contributed by atoms with Gasteiger partial charge >= 0.3 is 24.1 Å². The number of hydrogen-bond donors (Lipinski definition) is 0. The number of carbonyl (C=O) groups is 4. The third kappa shape index (κ3) is 9.84. The van der Waals surface area contributed by atoms with Gasteiger partial charge in [-0.15, -0.1) is 23.5 Å². The first-order valence-electron chi connectivity index (χ1n) is 16.6. The molecule has 2 aromatic rings. The van der Waals surface area contributed by atoms with Crippen LogP contribution in [-0.4, -0.2) is 94.7 Å².